The Morgan fingerprint density at radius 1 is 1.44 bits per heavy atom. The molecule has 9 nitrogen and oxygen atoms in total. The summed E-state index contributed by atoms with van der Waals surface area (Å²) in [6, 6.07) is 0.153. The highest BCUT2D eigenvalue weighted by molar-refractivity contribution is 5.76. The highest BCUT2D eigenvalue weighted by Gasteiger charge is 2.11. The van der Waals surface area contributed by atoms with E-state index in [9.17, 15) is 4.79 Å². The van der Waals surface area contributed by atoms with Gasteiger partial charge in [-0.25, -0.2) is 5.84 Å². The fraction of sp³-hybridized carbons (Fsp3) is 0.556. The van der Waals surface area contributed by atoms with Crippen molar-refractivity contribution in [3.8, 4) is 6.01 Å². The van der Waals surface area contributed by atoms with Crippen LogP contribution in [0, 0.1) is 0 Å². The zero-order valence-electron chi connectivity index (χ0n) is 10.6. The standard InChI is InChI=1S/C9H17N7O2/c1-11-6(17)4-5-16(2)8-12-7(15-10)13-9(14-8)18-3/h4-5,10H2,1-3H3,(H,11,17)(H,12,13,14,15). The molecular formula is C9H17N7O2. The fourth-order valence-electron chi connectivity index (χ4n) is 1.17. The van der Waals surface area contributed by atoms with E-state index in [0.717, 1.165) is 0 Å². The van der Waals surface area contributed by atoms with Gasteiger partial charge in [-0.05, 0) is 0 Å². The number of aromatic nitrogens is 3. The summed E-state index contributed by atoms with van der Waals surface area (Å²) in [5.74, 6) is 5.76. The second kappa shape index (κ2) is 6.55. The first-order valence-electron chi connectivity index (χ1n) is 5.29. The van der Waals surface area contributed by atoms with Gasteiger partial charge in [0.2, 0.25) is 17.8 Å². The average molecular weight is 255 g/mol. The Hall–Kier alpha value is -2.16. The summed E-state index contributed by atoms with van der Waals surface area (Å²) in [7, 11) is 4.80. The number of carbonyl (C=O) groups excluding carboxylic acids is 1. The lowest BCUT2D eigenvalue weighted by atomic mass is 10.4. The van der Waals surface area contributed by atoms with Crippen molar-refractivity contribution in [2.24, 2.45) is 5.84 Å². The van der Waals surface area contributed by atoms with Gasteiger partial charge in [0, 0.05) is 27.1 Å². The van der Waals surface area contributed by atoms with Crippen LogP contribution in [0.15, 0.2) is 0 Å². The molecule has 1 amide bonds. The molecule has 0 radical (unpaired) electrons. The smallest absolute Gasteiger partial charge is 0.322 e. The number of amides is 1. The number of hydrogen-bond donors (Lipinski definition) is 3. The first-order valence-corrected chi connectivity index (χ1v) is 5.29. The molecule has 4 N–H and O–H groups in total. The van der Waals surface area contributed by atoms with E-state index in [1.165, 1.54) is 7.11 Å². The summed E-state index contributed by atoms with van der Waals surface area (Å²) in [5.41, 5.74) is 2.32. The van der Waals surface area contributed by atoms with Gasteiger partial charge in [0.1, 0.15) is 0 Å². The van der Waals surface area contributed by atoms with Crippen LogP contribution in [-0.2, 0) is 4.79 Å². The Labute approximate surface area is 105 Å². The number of nitrogens with one attached hydrogen (secondary N) is 2. The third-order valence-corrected chi connectivity index (χ3v) is 2.21. The SMILES string of the molecule is CNC(=O)CCN(C)c1nc(NN)nc(OC)n1. The van der Waals surface area contributed by atoms with Crippen LogP contribution in [0.2, 0.25) is 0 Å². The number of anilines is 2. The summed E-state index contributed by atoms with van der Waals surface area (Å²) >= 11 is 0. The number of nitrogens with two attached hydrogens (primary N) is 1. The number of nitrogen functional groups attached to an aromatic ring is 1. The van der Waals surface area contributed by atoms with Crippen molar-refractivity contribution in [3.63, 3.8) is 0 Å². The molecule has 0 aromatic carbocycles. The number of hydrazine groups is 1. The number of methoxy groups -OCH3 is 1. The van der Waals surface area contributed by atoms with Crippen molar-refractivity contribution in [1.82, 2.24) is 20.3 Å². The summed E-state index contributed by atoms with van der Waals surface area (Å²) in [6.07, 6.45) is 0.340. The maximum Gasteiger partial charge on any atom is 0.322 e. The maximum absolute atomic E-state index is 11.1. The number of hydrogen-bond acceptors (Lipinski definition) is 8. The summed E-state index contributed by atoms with van der Waals surface area (Å²) < 4.78 is 4.93. The van der Waals surface area contributed by atoms with E-state index in [-0.39, 0.29) is 17.9 Å². The average Bonchev–Trinajstić information content (AvgIpc) is 2.43. The molecule has 1 rings (SSSR count). The second-order valence-corrected chi connectivity index (χ2v) is 3.43. The minimum atomic E-state index is -0.0555. The van der Waals surface area contributed by atoms with Crippen LogP contribution in [0.3, 0.4) is 0 Å². The zero-order valence-corrected chi connectivity index (χ0v) is 10.6. The maximum atomic E-state index is 11.1. The Morgan fingerprint density at radius 3 is 2.72 bits per heavy atom. The van der Waals surface area contributed by atoms with Crippen LogP contribution < -0.4 is 26.2 Å². The van der Waals surface area contributed by atoms with Crippen LogP contribution in [-0.4, -0.2) is 48.6 Å². The third-order valence-electron chi connectivity index (χ3n) is 2.21. The van der Waals surface area contributed by atoms with Crippen molar-refractivity contribution >= 4 is 17.8 Å². The van der Waals surface area contributed by atoms with E-state index >= 15 is 0 Å². The molecule has 0 unspecified atom stereocenters. The lowest BCUT2D eigenvalue weighted by Gasteiger charge is -2.17. The molecule has 100 valence electrons. The van der Waals surface area contributed by atoms with E-state index in [1.807, 2.05) is 0 Å². The molecular weight excluding hydrogens is 238 g/mol. The van der Waals surface area contributed by atoms with Gasteiger partial charge in [0.05, 0.1) is 7.11 Å². The van der Waals surface area contributed by atoms with E-state index in [1.54, 1.807) is 19.0 Å². The molecule has 0 fully saturated rings. The van der Waals surface area contributed by atoms with Gasteiger partial charge < -0.3 is 15.0 Å². The van der Waals surface area contributed by atoms with Crippen LogP contribution in [0.5, 0.6) is 6.01 Å². The molecule has 1 heterocycles. The molecule has 0 saturated carbocycles. The molecule has 0 aliphatic carbocycles. The van der Waals surface area contributed by atoms with E-state index in [2.05, 4.69) is 25.7 Å². The fourth-order valence-corrected chi connectivity index (χ4v) is 1.17. The number of carbonyl (C=O) groups is 1. The highest BCUT2D eigenvalue weighted by atomic mass is 16.5. The predicted octanol–water partition coefficient (Wildman–Crippen LogP) is -1.26. The number of nitrogens with zero attached hydrogens (tertiary/aromatic N) is 4. The minimum Gasteiger partial charge on any atom is -0.467 e. The van der Waals surface area contributed by atoms with Gasteiger partial charge in [-0.1, -0.05) is 0 Å². The molecule has 1 aromatic heterocycles. The van der Waals surface area contributed by atoms with Gasteiger partial charge in [-0.2, -0.15) is 15.0 Å². The predicted molar refractivity (Wildman–Crippen MR) is 66.1 cm³/mol. The summed E-state index contributed by atoms with van der Waals surface area (Å²) in [5, 5.41) is 2.54. The molecule has 0 aliphatic rings. The normalized spacial score (nSPS) is 9.78. The zero-order chi connectivity index (χ0) is 13.5. The molecule has 0 aliphatic heterocycles. The van der Waals surface area contributed by atoms with E-state index in [0.29, 0.717) is 18.9 Å². The second-order valence-electron chi connectivity index (χ2n) is 3.43. The Bertz CT molecular complexity index is 390. The van der Waals surface area contributed by atoms with Gasteiger partial charge in [-0.3, -0.25) is 10.2 Å². The van der Waals surface area contributed by atoms with Crippen molar-refractivity contribution in [2.75, 3.05) is 38.1 Å². The Morgan fingerprint density at radius 2 is 2.17 bits per heavy atom. The van der Waals surface area contributed by atoms with Crippen molar-refractivity contribution < 1.29 is 9.53 Å². The van der Waals surface area contributed by atoms with Gasteiger partial charge >= 0.3 is 6.01 Å². The van der Waals surface area contributed by atoms with Crippen LogP contribution in [0.4, 0.5) is 11.9 Å². The van der Waals surface area contributed by atoms with E-state index < -0.39 is 0 Å². The molecule has 0 atom stereocenters. The summed E-state index contributed by atoms with van der Waals surface area (Å²) in [6.45, 7) is 0.469. The first-order chi connectivity index (χ1) is 8.60. The summed E-state index contributed by atoms with van der Waals surface area (Å²) in [4.78, 5) is 24.8. The van der Waals surface area contributed by atoms with Crippen molar-refractivity contribution in [1.29, 1.82) is 0 Å². The molecule has 0 spiro atoms. The van der Waals surface area contributed by atoms with E-state index in [4.69, 9.17) is 10.6 Å². The van der Waals surface area contributed by atoms with Crippen molar-refractivity contribution in [3.05, 3.63) is 0 Å². The lowest BCUT2D eigenvalue weighted by molar-refractivity contribution is -0.120. The van der Waals surface area contributed by atoms with Gasteiger partial charge in [0.25, 0.3) is 0 Å². The first kappa shape index (κ1) is 13.9. The van der Waals surface area contributed by atoms with Crippen LogP contribution in [0.25, 0.3) is 0 Å². The Balaban J connectivity index is 2.77. The molecule has 1 aromatic rings. The van der Waals surface area contributed by atoms with Crippen LogP contribution in [0.1, 0.15) is 6.42 Å². The Kier molecular flexibility index (Phi) is 5.06. The number of rotatable bonds is 6. The quantitative estimate of drug-likeness (QED) is 0.425. The monoisotopic (exact) mass is 255 g/mol. The molecule has 0 bridgehead atoms. The molecule has 9 heteroatoms. The third kappa shape index (κ3) is 3.70. The topological polar surface area (TPSA) is 118 Å². The molecule has 18 heavy (non-hydrogen) atoms. The highest BCUT2D eigenvalue weighted by Crippen LogP contribution is 2.13. The largest absolute Gasteiger partial charge is 0.467 e. The van der Waals surface area contributed by atoms with Crippen molar-refractivity contribution in [2.45, 2.75) is 6.42 Å². The van der Waals surface area contributed by atoms with Gasteiger partial charge in [0.15, 0.2) is 0 Å². The van der Waals surface area contributed by atoms with Crippen LogP contribution >= 0.6 is 0 Å². The lowest BCUT2D eigenvalue weighted by Crippen LogP contribution is -2.28. The number of ether oxygens (including phenoxy) is 1. The minimum absolute atomic E-state index is 0.0555. The van der Waals surface area contributed by atoms with Gasteiger partial charge in [-0.15, -0.1) is 0 Å². The molecule has 0 saturated heterocycles.